The molecule has 2 rings (SSSR count). The lowest BCUT2D eigenvalue weighted by molar-refractivity contribution is -0.153. The van der Waals surface area contributed by atoms with Crippen LogP contribution in [0, 0.1) is 17.2 Å². The summed E-state index contributed by atoms with van der Waals surface area (Å²) < 4.78 is 38.7. The highest BCUT2D eigenvalue weighted by Crippen LogP contribution is 2.51. The molecule has 7 heteroatoms. The van der Waals surface area contributed by atoms with Crippen LogP contribution >= 0.6 is 11.6 Å². The van der Waals surface area contributed by atoms with Crippen molar-refractivity contribution < 1.29 is 13.2 Å². The Morgan fingerprint density at radius 2 is 2.00 bits per heavy atom. The predicted molar refractivity (Wildman–Crippen MR) is 95.3 cm³/mol. The Labute approximate surface area is 152 Å². The maximum Gasteiger partial charge on any atom is 0.401 e. The summed E-state index contributed by atoms with van der Waals surface area (Å²) in [7, 11) is 1.33. The van der Waals surface area contributed by atoms with E-state index in [1.54, 1.807) is 18.2 Å². The number of nitriles is 1. The van der Waals surface area contributed by atoms with Crippen LogP contribution in [0.5, 0.6) is 0 Å². The van der Waals surface area contributed by atoms with Gasteiger partial charge < -0.3 is 5.32 Å². The van der Waals surface area contributed by atoms with E-state index in [0.717, 1.165) is 4.90 Å². The monoisotopic (exact) mass is 373 g/mol. The number of alkyl halides is 3. The van der Waals surface area contributed by atoms with Crippen molar-refractivity contribution in [1.29, 1.82) is 5.26 Å². The summed E-state index contributed by atoms with van der Waals surface area (Å²) in [6.45, 7) is 6.40. The van der Waals surface area contributed by atoms with Crippen LogP contribution in [0.3, 0.4) is 0 Å². The van der Waals surface area contributed by atoms with Gasteiger partial charge in [0, 0.05) is 16.3 Å². The Kier molecular flexibility index (Phi) is 7.33. The van der Waals surface area contributed by atoms with Gasteiger partial charge in [-0.1, -0.05) is 32.0 Å². The number of benzene rings is 1. The molecular weight excluding hydrogens is 351 g/mol. The molecule has 1 N–H and O–H groups in total. The van der Waals surface area contributed by atoms with Gasteiger partial charge in [0.2, 0.25) is 0 Å². The van der Waals surface area contributed by atoms with E-state index >= 15 is 0 Å². The van der Waals surface area contributed by atoms with Gasteiger partial charge in [-0.05, 0) is 50.2 Å². The first-order valence-electron chi connectivity index (χ1n) is 8.11. The molecule has 0 bridgehead atoms. The largest absolute Gasteiger partial charge is 0.401 e. The third-order valence-corrected chi connectivity index (χ3v) is 4.24. The summed E-state index contributed by atoms with van der Waals surface area (Å²) in [5.41, 5.74) is -0.403. The first-order valence-corrected chi connectivity index (χ1v) is 8.49. The Balaban J connectivity index is 0.00000151. The topological polar surface area (TPSA) is 39.1 Å². The SMILES string of the molecule is C=CNc1ccc(Cl)cc1C(C#N)(C1CC1)N(C)CC(F)(F)F.CC. The van der Waals surface area contributed by atoms with Gasteiger partial charge in [-0.2, -0.15) is 18.4 Å². The van der Waals surface area contributed by atoms with E-state index in [0.29, 0.717) is 29.1 Å². The summed E-state index contributed by atoms with van der Waals surface area (Å²) >= 11 is 6.04. The fraction of sp³-hybridized carbons (Fsp3) is 0.500. The second-order valence-corrected chi connectivity index (χ2v) is 6.10. The van der Waals surface area contributed by atoms with E-state index in [1.165, 1.54) is 13.2 Å². The lowest BCUT2D eigenvalue weighted by Gasteiger charge is -2.38. The zero-order valence-electron chi connectivity index (χ0n) is 14.6. The van der Waals surface area contributed by atoms with E-state index < -0.39 is 18.3 Å². The number of nitrogens with one attached hydrogen (secondary N) is 1. The molecule has 0 amide bonds. The van der Waals surface area contributed by atoms with Crippen LogP contribution in [0.1, 0.15) is 32.3 Å². The molecule has 0 aromatic heterocycles. The minimum atomic E-state index is -4.39. The van der Waals surface area contributed by atoms with Gasteiger partial charge in [-0.3, -0.25) is 4.90 Å². The highest BCUT2D eigenvalue weighted by atomic mass is 35.5. The van der Waals surface area contributed by atoms with E-state index in [-0.39, 0.29) is 5.92 Å². The molecule has 1 fully saturated rings. The Hall–Kier alpha value is -1.71. The first kappa shape index (κ1) is 21.3. The summed E-state index contributed by atoms with van der Waals surface area (Å²) in [5, 5.41) is 13.1. The van der Waals surface area contributed by atoms with Gasteiger partial charge in [-0.25, -0.2) is 0 Å². The van der Waals surface area contributed by atoms with Crippen molar-refractivity contribution >= 4 is 17.3 Å². The molecule has 0 spiro atoms. The van der Waals surface area contributed by atoms with Gasteiger partial charge in [0.1, 0.15) is 5.54 Å². The maximum absolute atomic E-state index is 12.9. The number of anilines is 1. The standard InChI is InChI=1S/C16H17ClF3N3.C2H6/c1-3-22-14-7-6-12(17)8-13(14)15(9-21,11-4-5-11)23(2)10-16(18,19)20;1-2/h3,6-8,11,22H,1,4-5,10H2,2H3;1-2H3. The van der Waals surface area contributed by atoms with E-state index in [1.807, 2.05) is 13.8 Å². The zero-order chi connectivity index (χ0) is 19.3. The van der Waals surface area contributed by atoms with Gasteiger partial charge in [0.05, 0.1) is 12.6 Å². The second-order valence-electron chi connectivity index (χ2n) is 5.66. The molecule has 25 heavy (non-hydrogen) atoms. The van der Waals surface area contributed by atoms with Gasteiger partial charge in [0.25, 0.3) is 0 Å². The fourth-order valence-electron chi connectivity index (χ4n) is 2.94. The smallest absolute Gasteiger partial charge is 0.362 e. The lowest BCUT2D eigenvalue weighted by atomic mass is 9.83. The molecule has 1 aliphatic rings. The van der Waals surface area contributed by atoms with E-state index in [9.17, 15) is 18.4 Å². The van der Waals surface area contributed by atoms with Crippen molar-refractivity contribution in [3.63, 3.8) is 0 Å². The van der Waals surface area contributed by atoms with Gasteiger partial charge >= 0.3 is 6.18 Å². The maximum atomic E-state index is 12.9. The number of hydrogen-bond donors (Lipinski definition) is 1. The zero-order valence-corrected chi connectivity index (χ0v) is 15.4. The highest BCUT2D eigenvalue weighted by Gasteiger charge is 2.53. The van der Waals surface area contributed by atoms with Crippen LogP contribution in [-0.2, 0) is 5.54 Å². The molecule has 1 saturated carbocycles. The average Bonchev–Trinajstić information content (AvgIpc) is 3.37. The van der Waals surface area contributed by atoms with Gasteiger partial charge in [0.15, 0.2) is 0 Å². The van der Waals surface area contributed by atoms with Crippen molar-refractivity contribution in [1.82, 2.24) is 4.90 Å². The van der Waals surface area contributed by atoms with Crippen molar-refractivity contribution in [3.8, 4) is 6.07 Å². The minimum absolute atomic E-state index is 0.163. The van der Waals surface area contributed by atoms with Crippen LogP contribution in [0.2, 0.25) is 5.02 Å². The Morgan fingerprint density at radius 3 is 2.44 bits per heavy atom. The molecule has 1 atom stereocenters. The van der Waals surface area contributed by atoms with Crippen molar-refractivity contribution in [3.05, 3.63) is 41.6 Å². The first-order chi connectivity index (χ1) is 11.7. The predicted octanol–water partition coefficient (Wildman–Crippen LogP) is 5.54. The quantitative estimate of drug-likeness (QED) is 0.711. The Morgan fingerprint density at radius 1 is 1.40 bits per heavy atom. The molecule has 1 aliphatic carbocycles. The summed E-state index contributed by atoms with van der Waals surface area (Å²) in [6, 6.07) is 6.96. The molecule has 0 aliphatic heterocycles. The normalized spacial score (nSPS) is 16.3. The molecule has 3 nitrogen and oxygen atoms in total. The van der Waals surface area contributed by atoms with Crippen LogP contribution < -0.4 is 5.32 Å². The van der Waals surface area contributed by atoms with Gasteiger partial charge in [-0.15, -0.1) is 0 Å². The molecule has 1 aromatic rings. The average molecular weight is 374 g/mol. The van der Waals surface area contributed by atoms with Crippen molar-refractivity contribution in [2.45, 2.75) is 38.4 Å². The number of rotatable bonds is 6. The van der Waals surface area contributed by atoms with Crippen LogP contribution in [0.15, 0.2) is 31.0 Å². The summed E-state index contributed by atoms with van der Waals surface area (Å²) in [6.07, 6.45) is -1.56. The van der Waals surface area contributed by atoms with Crippen LogP contribution in [0.25, 0.3) is 0 Å². The lowest BCUT2D eigenvalue weighted by Crippen LogP contribution is -2.48. The van der Waals surface area contributed by atoms with Crippen LogP contribution in [0.4, 0.5) is 18.9 Å². The molecular formula is C18H23ClF3N3. The molecule has 1 unspecified atom stereocenters. The number of halogens is 4. The van der Waals surface area contributed by atoms with Crippen LogP contribution in [-0.4, -0.2) is 24.7 Å². The minimum Gasteiger partial charge on any atom is -0.362 e. The summed E-state index contributed by atoms with van der Waals surface area (Å²) in [5.74, 6) is -0.163. The second kappa shape index (κ2) is 8.59. The fourth-order valence-corrected chi connectivity index (χ4v) is 3.11. The third kappa shape index (κ3) is 4.90. The third-order valence-electron chi connectivity index (χ3n) is 4.01. The highest BCUT2D eigenvalue weighted by molar-refractivity contribution is 6.30. The van der Waals surface area contributed by atoms with Crippen molar-refractivity contribution in [2.24, 2.45) is 5.92 Å². The molecule has 0 saturated heterocycles. The van der Waals surface area contributed by atoms with E-state index in [4.69, 9.17) is 11.6 Å². The Bertz CT molecular complexity index is 635. The molecule has 0 radical (unpaired) electrons. The number of nitrogens with zero attached hydrogens (tertiary/aromatic N) is 2. The number of hydrogen-bond acceptors (Lipinski definition) is 3. The summed E-state index contributed by atoms with van der Waals surface area (Å²) in [4.78, 5) is 1.07. The molecule has 138 valence electrons. The molecule has 0 heterocycles. The van der Waals surface area contributed by atoms with Crippen molar-refractivity contribution in [2.75, 3.05) is 18.9 Å². The molecule has 1 aromatic carbocycles. The van der Waals surface area contributed by atoms with E-state index in [2.05, 4.69) is 18.0 Å².